The Morgan fingerprint density at radius 3 is 2.07 bits per heavy atom. The zero-order chi connectivity index (χ0) is 49.4. The smallest absolute Gasteiger partial charge is 0.316 e. The van der Waals surface area contributed by atoms with Crippen LogP contribution in [0.5, 0.6) is 11.5 Å². The van der Waals surface area contributed by atoms with Crippen LogP contribution in [0.3, 0.4) is 0 Å². The van der Waals surface area contributed by atoms with Crippen molar-refractivity contribution in [1.29, 1.82) is 0 Å². The Labute approximate surface area is 451 Å². The molecule has 4 aliphatic carbocycles. The fraction of sp³-hybridized carbons (Fsp3) is 0.273. The van der Waals surface area contributed by atoms with Crippen LogP contribution in [-0.2, 0) is 37.3 Å². The van der Waals surface area contributed by atoms with Crippen LogP contribution in [0.2, 0.25) is 0 Å². The molecule has 0 unspecified atom stereocenters. The predicted molar refractivity (Wildman–Crippen MR) is 301 cm³/mol. The molecule has 372 valence electrons. The van der Waals surface area contributed by atoms with Crippen molar-refractivity contribution in [2.24, 2.45) is 23.7 Å². The van der Waals surface area contributed by atoms with Crippen LogP contribution in [0.4, 0.5) is 28.4 Å². The molecule has 4 bridgehead atoms. The number of hydrogen-bond acceptors (Lipinski definition) is 5. The molecule has 3 aliphatic heterocycles. The Morgan fingerprint density at radius 2 is 1.32 bits per heavy atom. The Kier molecular flexibility index (Phi) is 11.2. The average Bonchev–Trinajstić information content (AvgIpc) is 3.94. The van der Waals surface area contributed by atoms with Gasteiger partial charge in [-0.05, 0) is 143 Å². The van der Waals surface area contributed by atoms with Gasteiger partial charge in [-0.3, -0.25) is 0 Å². The number of para-hydroxylation sites is 5. The molecule has 5 heterocycles. The zero-order valence-electron chi connectivity index (χ0n) is 43.1. The summed E-state index contributed by atoms with van der Waals surface area (Å²) in [4.78, 5) is 12.4. The molecular weight excluding hydrogens is 1080 g/mol. The van der Waals surface area contributed by atoms with Crippen molar-refractivity contribution >= 4 is 63.2 Å². The van der Waals surface area contributed by atoms with Crippen molar-refractivity contribution in [3.8, 4) is 17.3 Å². The van der Waals surface area contributed by atoms with Crippen LogP contribution in [0, 0.1) is 42.5 Å². The van der Waals surface area contributed by atoms with E-state index >= 15 is 0 Å². The normalized spacial score (nSPS) is 22.5. The number of rotatable bonds is 7. The monoisotopic (exact) mass is 1150 g/mol. The van der Waals surface area contributed by atoms with E-state index in [9.17, 15) is 0 Å². The van der Waals surface area contributed by atoms with Crippen molar-refractivity contribution < 1.29 is 25.8 Å². The summed E-state index contributed by atoms with van der Waals surface area (Å²) >= 11 is 0. The molecule has 8 heteroatoms. The quantitative estimate of drug-likeness (QED) is 0.117. The van der Waals surface area contributed by atoms with Crippen LogP contribution < -0.4 is 19.3 Å². The van der Waals surface area contributed by atoms with Crippen molar-refractivity contribution in [2.75, 3.05) is 14.6 Å². The number of fused-ring (bicyclic) bond motifs is 7. The molecule has 0 saturated heterocycles. The molecular formula is C66H61BN5OPt-3. The van der Waals surface area contributed by atoms with E-state index in [1.807, 2.05) is 12.1 Å². The fourth-order valence-corrected chi connectivity index (χ4v) is 14.7. The Bertz CT molecular complexity index is 3570. The number of ether oxygens (including phenoxy) is 1. The van der Waals surface area contributed by atoms with E-state index in [1.54, 1.807) is 5.47 Å². The van der Waals surface area contributed by atoms with Crippen LogP contribution in [-0.4, -0.2) is 16.4 Å². The van der Waals surface area contributed by atoms with Gasteiger partial charge in [-0.15, -0.1) is 48.1 Å². The molecule has 0 amide bonds. The van der Waals surface area contributed by atoms with Crippen LogP contribution in [0.1, 0.15) is 95.9 Å². The number of anilines is 5. The SMILES string of the molecule is CC(C)(C)c1cccc(C(C)(C)C)c1N1[CH-]N(c2[c-]c(Oc3[c-]c4c(cc3)c3ccccc3n4-c3cc(C4(C5=CC=CN6B5C=Cc5ccccc56)C5CC6CC(C5)CC4C6)ccn3)ccc2)c2ccccc21.[Pt]. The summed E-state index contributed by atoms with van der Waals surface area (Å²) in [7, 11) is 0. The first-order valence-electron chi connectivity index (χ1n) is 26.7. The van der Waals surface area contributed by atoms with Gasteiger partial charge >= 0.3 is 6.85 Å². The predicted octanol–water partition coefficient (Wildman–Crippen LogP) is 16.3. The molecule has 0 spiro atoms. The number of aromatic nitrogens is 2. The number of allylic oxidation sites excluding steroid dienone is 3. The van der Waals surface area contributed by atoms with Gasteiger partial charge in [0.05, 0.1) is 0 Å². The summed E-state index contributed by atoms with van der Waals surface area (Å²) in [5, 5.41) is 2.29. The third-order valence-electron chi connectivity index (χ3n) is 17.5. The average molecular weight is 1150 g/mol. The van der Waals surface area contributed by atoms with Crippen molar-refractivity contribution in [3.63, 3.8) is 0 Å². The second-order valence-corrected chi connectivity index (χ2v) is 23.8. The van der Waals surface area contributed by atoms with Gasteiger partial charge in [0.1, 0.15) is 5.82 Å². The van der Waals surface area contributed by atoms with E-state index < -0.39 is 0 Å². The molecule has 8 aromatic rings. The molecule has 0 N–H and O–H groups in total. The summed E-state index contributed by atoms with van der Waals surface area (Å²) in [6.07, 6.45) is 18.2. The molecule has 74 heavy (non-hydrogen) atoms. The molecule has 0 atom stereocenters. The van der Waals surface area contributed by atoms with Crippen molar-refractivity contribution in [2.45, 2.75) is 89.9 Å². The molecule has 4 fully saturated rings. The van der Waals surface area contributed by atoms with Gasteiger partial charge in [0.25, 0.3) is 0 Å². The molecule has 15 rings (SSSR count). The number of pyridine rings is 1. The summed E-state index contributed by atoms with van der Waals surface area (Å²) in [5.41, 5.74) is 14.3. The van der Waals surface area contributed by atoms with Crippen LogP contribution >= 0.6 is 0 Å². The second kappa shape index (κ2) is 17.5. The van der Waals surface area contributed by atoms with Gasteiger partial charge in [0.15, 0.2) is 0 Å². The van der Waals surface area contributed by atoms with Crippen molar-refractivity contribution in [1.82, 2.24) is 9.55 Å². The molecule has 2 aromatic heterocycles. The summed E-state index contributed by atoms with van der Waals surface area (Å²) in [5.74, 6) is 7.46. The third-order valence-corrected chi connectivity index (χ3v) is 17.5. The first-order chi connectivity index (χ1) is 35.4. The molecule has 0 radical (unpaired) electrons. The van der Waals surface area contributed by atoms with E-state index in [0.717, 1.165) is 51.1 Å². The summed E-state index contributed by atoms with van der Waals surface area (Å²) in [6, 6.07) is 55.7. The van der Waals surface area contributed by atoms with Gasteiger partial charge < -0.3 is 23.9 Å². The summed E-state index contributed by atoms with van der Waals surface area (Å²) < 4.78 is 9.16. The Morgan fingerprint density at radius 1 is 0.662 bits per heavy atom. The first kappa shape index (κ1) is 47.2. The van der Waals surface area contributed by atoms with Crippen molar-refractivity contribution in [3.05, 3.63) is 211 Å². The third kappa shape index (κ3) is 7.34. The Hall–Kier alpha value is -6.56. The van der Waals surface area contributed by atoms with E-state index in [4.69, 9.17) is 9.72 Å². The van der Waals surface area contributed by atoms with Gasteiger partial charge in [0, 0.05) is 72.4 Å². The van der Waals surface area contributed by atoms with Gasteiger partial charge in [-0.1, -0.05) is 137 Å². The number of hydrogen-bond donors (Lipinski definition) is 0. The maximum atomic E-state index is 6.83. The standard InChI is InChI=1S/C66H61BN5O.Pt/c1-64(2,3)54-20-14-21-55(65(4,5)6)63(54)70-42-69(58-24-11-12-25-59(58)70)49-17-13-18-50(40-49)73-51-27-28-53-52-19-8-10-23-57(52)72(60(53)41-51)62-39-46(30-32-68-62)66(47-35-43-34-44(37-47)38-48(66)36-43)61-26-15-33-71-56-22-9-7-16-45(56)29-31-67(61)71;/h7-33,39,42-44,47-48H,34-38H2,1-6H3;/q-3;. The zero-order valence-corrected chi connectivity index (χ0v) is 45.4. The molecule has 6 nitrogen and oxygen atoms in total. The van der Waals surface area contributed by atoms with E-state index in [0.29, 0.717) is 23.3 Å². The maximum absolute atomic E-state index is 6.83. The first-order valence-corrected chi connectivity index (χ1v) is 26.7. The topological polar surface area (TPSA) is 36.8 Å². The molecule has 4 saturated carbocycles. The molecule has 7 aliphatic rings. The van der Waals surface area contributed by atoms with Gasteiger partial charge in [-0.2, -0.15) is 12.1 Å². The minimum atomic E-state index is -0.109. The minimum absolute atomic E-state index is 0. The molecule has 6 aromatic carbocycles. The van der Waals surface area contributed by atoms with E-state index in [-0.39, 0.29) is 44.2 Å². The maximum Gasteiger partial charge on any atom is 0.316 e. The van der Waals surface area contributed by atoms with Gasteiger partial charge in [0.2, 0.25) is 0 Å². The van der Waals surface area contributed by atoms with E-state index in [2.05, 4.69) is 237 Å². The summed E-state index contributed by atoms with van der Waals surface area (Å²) in [6.45, 7) is 16.2. The van der Waals surface area contributed by atoms with Crippen LogP contribution in [0.15, 0.2) is 169 Å². The second-order valence-electron chi connectivity index (χ2n) is 23.8. The Balaban J connectivity index is 0.00000528. The minimum Gasteiger partial charge on any atom is -0.509 e. The van der Waals surface area contributed by atoms with E-state index in [1.165, 1.54) is 71.1 Å². The van der Waals surface area contributed by atoms with Gasteiger partial charge in [-0.25, -0.2) is 4.98 Å². The number of nitrogens with zero attached hydrogens (tertiary/aromatic N) is 5. The fourth-order valence-electron chi connectivity index (χ4n) is 14.7. The largest absolute Gasteiger partial charge is 0.509 e. The van der Waals surface area contributed by atoms with Crippen LogP contribution in [0.25, 0.3) is 33.7 Å². The number of benzene rings is 6.